The van der Waals surface area contributed by atoms with Crippen LogP contribution in [-0.2, 0) is 19.1 Å². The van der Waals surface area contributed by atoms with Gasteiger partial charge in [0, 0.05) is 13.1 Å². The number of hydrogen-bond acceptors (Lipinski definition) is 5. The number of carbonyl (C=O) groups is 3. The molecule has 2 rings (SSSR count). The predicted octanol–water partition coefficient (Wildman–Crippen LogP) is 1.76. The number of nitrogens with two attached hydrogens (primary N) is 1. The summed E-state index contributed by atoms with van der Waals surface area (Å²) in [5.41, 5.74) is 7.63. The molecule has 1 aromatic carbocycles. The van der Waals surface area contributed by atoms with E-state index in [0.29, 0.717) is 31.1 Å². The van der Waals surface area contributed by atoms with Crippen molar-refractivity contribution in [2.75, 3.05) is 26.3 Å². The van der Waals surface area contributed by atoms with Crippen LogP contribution in [0.3, 0.4) is 0 Å². The molecule has 0 aromatic heterocycles. The molecule has 1 aliphatic heterocycles. The van der Waals surface area contributed by atoms with Gasteiger partial charge in [-0.05, 0) is 48.9 Å². The molecule has 0 spiro atoms. The minimum absolute atomic E-state index is 0.266. The van der Waals surface area contributed by atoms with E-state index in [1.807, 2.05) is 25.1 Å². The monoisotopic (exact) mass is 376 g/mol. The summed E-state index contributed by atoms with van der Waals surface area (Å²) in [5.74, 6) is -0.682. The van der Waals surface area contributed by atoms with Crippen LogP contribution in [-0.4, -0.2) is 49.0 Å². The molecule has 0 saturated carbocycles. The van der Waals surface area contributed by atoms with Crippen LogP contribution in [0.5, 0.6) is 5.75 Å². The number of carbonyl (C=O) groups excluding carboxylic acids is 3. The normalized spacial score (nSPS) is 16.9. The zero-order valence-electron chi connectivity index (χ0n) is 16.2. The van der Waals surface area contributed by atoms with Crippen molar-refractivity contribution in [3.63, 3.8) is 0 Å². The van der Waals surface area contributed by atoms with Crippen LogP contribution in [0, 0.1) is 12.8 Å². The Morgan fingerprint density at radius 2 is 2.00 bits per heavy atom. The average molecular weight is 376 g/mol. The maximum Gasteiger partial charge on any atom is 0.344 e. The summed E-state index contributed by atoms with van der Waals surface area (Å²) in [5, 5.41) is 0. The van der Waals surface area contributed by atoms with Gasteiger partial charge in [0.1, 0.15) is 5.75 Å². The Kier molecular flexibility index (Phi) is 7.21. The third-order valence-electron chi connectivity index (χ3n) is 4.75. The average Bonchev–Trinajstić information content (AvgIpc) is 2.64. The van der Waals surface area contributed by atoms with Gasteiger partial charge in [0.25, 0.3) is 5.91 Å². The predicted molar refractivity (Wildman–Crippen MR) is 100 cm³/mol. The van der Waals surface area contributed by atoms with Crippen LogP contribution < -0.4 is 10.5 Å². The fourth-order valence-electron chi connectivity index (χ4n) is 3.24. The Bertz CT molecular complexity index is 702. The highest BCUT2D eigenvalue weighted by Gasteiger charge is 2.27. The van der Waals surface area contributed by atoms with Gasteiger partial charge in [-0.25, -0.2) is 4.79 Å². The first-order chi connectivity index (χ1) is 12.8. The van der Waals surface area contributed by atoms with Crippen LogP contribution in [0.25, 0.3) is 0 Å². The van der Waals surface area contributed by atoms with Crippen LogP contribution in [0.2, 0.25) is 0 Å². The lowest BCUT2D eigenvalue weighted by Crippen LogP contribution is -2.45. The molecule has 2 N–H and O–H groups in total. The number of hydrogen-bond donors (Lipinski definition) is 1. The second-order valence-electron chi connectivity index (χ2n) is 7.20. The number of aryl methyl sites for hydroxylation is 1. The number of nitrogens with zero attached hydrogens (tertiary/aromatic N) is 1. The fourth-order valence-corrected chi connectivity index (χ4v) is 3.24. The lowest BCUT2D eigenvalue weighted by Gasteiger charge is -2.31. The number of amides is 2. The van der Waals surface area contributed by atoms with Gasteiger partial charge in [0.2, 0.25) is 5.91 Å². The molecule has 1 fully saturated rings. The number of primary amides is 1. The maximum absolute atomic E-state index is 12.1. The number of benzene rings is 1. The van der Waals surface area contributed by atoms with Gasteiger partial charge in [0.15, 0.2) is 13.2 Å². The molecule has 0 unspecified atom stereocenters. The molecule has 1 aromatic rings. The Balaban J connectivity index is 1.77. The Morgan fingerprint density at radius 3 is 2.63 bits per heavy atom. The molecule has 7 heteroatoms. The molecular weight excluding hydrogens is 348 g/mol. The Labute approximate surface area is 159 Å². The van der Waals surface area contributed by atoms with Gasteiger partial charge < -0.3 is 20.1 Å². The quantitative estimate of drug-likeness (QED) is 0.731. The zero-order valence-corrected chi connectivity index (χ0v) is 16.2. The molecule has 1 atom stereocenters. The van der Waals surface area contributed by atoms with Crippen molar-refractivity contribution in [3.05, 3.63) is 29.3 Å². The number of likely N-dealkylation sites (tertiary alicyclic amines) is 1. The second kappa shape index (κ2) is 9.39. The number of rotatable bonds is 7. The molecular formula is C20H28N2O5. The van der Waals surface area contributed by atoms with Crippen molar-refractivity contribution in [2.45, 2.75) is 39.5 Å². The fraction of sp³-hybridized carbons (Fsp3) is 0.550. The van der Waals surface area contributed by atoms with Gasteiger partial charge in [0.05, 0.1) is 5.92 Å². The van der Waals surface area contributed by atoms with Crippen molar-refractivity contribution < 1.29 is 23.9 Å². The largest absolute Gasteiger partial charge is 0.482 e. The molecule has 1 aliphatic rings. The molecule has 0 aliphatic carbocycles. The zero-order chi connectivity index (χ0) is 20.0. The summed E-state index contributed by atoms with van der Waals surface area (Å²) in [6.45, 7) is 6.42. The van der Waals surface area contributed by atoms with E-state index in [1.165, 1.54) is 10.5 Å². The van der Waals surface area contributed by atoms with E-state index in [2.05, 4.69) is 13.8 Å². The van der Waals surface area contributed by atoms with E-state index < -0.39 is 11.9 Å². The van der Waals surface area contributed by atoms with Crippen LogP contribution in [0.1, 0.15) is 43.7 Å². The summed E-state index contributed by atoms with van der Waals surface area (Å²) >= 11 is 0. The van der Waals surface area contributed by atoms with Crippen LogP contribution in [0.15, 0.2) is 18.2 Å². The number of piperidine rings is 1. The topological polar surface area (TPSA) is 98.9 Å². The van der Waals surface area contributed by atoms with Crippen molar-refractivity contribution in [1.82, 2.24) is 4.90 Å². The van der Waals surface area contributed by atoms with Gasteiger partial charge in [-0.2, -0.15) is 0 Å². The minimum atomic E-state index is -0.614. The number of esters is 1. The van der Waals surface area contributed by atoms with E-state index in [0.717, 1.165) is 5.56 Å². The third-order valence-corrected chi connectivity index (χ3v) is 4.75. The van der Waals surface area contributed by atoms with Gasteiger partial charge in [-0.1, -0.05) is 19.9 Å². The van der Waals surface area contributed by atoms with E-state index in [1.54, 1.807) is 0 Å². The molecule has 148 valence electrons. The van der Waals surface area contributed by atoms with E-state index in [9.17, 15) is 14.4 Å². The minimum Gasteiger partial charge on any atom is -0.482 e. The molecule has 2 amide bonds. The summed E-state index contributed by atoms with van der Waals surface area (Å²) < 4.78 is 10.4. The van der Waals surface area contributed by atoms with Crippen molar-refractivity contribution in [3.8, 4) is 5.75 Å². The first-order valence-corrected chi connectivity index (χ1v) is 9.24. The molecule has 27 heavy (non-hydrogen) atoms. The summed E-state index contributed by atoms with van der Waals surface area (Å²) in [4.78, 5) is 36.8. The SMILES string of the molecule is Cc1cc(OCC(=O)OCC(=O)N2CCC[C@@H](C(N)=O)C2)ccc1C(C)C. The Hall–Kier alpha value is -2.57. The maximum atomic E-state index is 12.1. The Morgan fingerprint density at radius 1 is 1.26 bits per heavy atom. The molecule has 1 heterocycles. The van der Waals surface area contributed by atoms with Crippen LogP contribution >= 0.6 is 0 Å². The summed E-state index contributed by atoms with van der Waals surface area (Å²) in [6, 6.07) is 5.68. The molecule has 0 bridgehead atoms. The first-order valence-electron chi connectivity index (χ1n) is 9.24. The highest BCUT2D eigenvalue weighted by molar-refractivity contribution is 5.82. The molecule has 1 saturated heterocycles. The lowest BCUT2D eigenvalue weighted by molar-refractivity contribution is -0.154. The van der Waals surface area contributed by atoms with Crippen molar-refractivity contribution in [2.24, 2.45) is 11.7 Å². The highest BCUT2D eigenvalue weighted by atomic mass is 16.6. The first kappa shape index (κ1) is 20.7. The van der Waals surface area contributed by atoms with Gasteiger partial charge in [-0.3, -0.25) is 9.59 Å². The smallest absolute Gasteiger partial charge is 0.344 e. The van der Waals surface area contributed by atoms with Crippen LogP contribution in [0.4, 0.5) is 0 Å². The summed E-state index contributed by atoms with van der Waals surface area (Å²) in [7, 11) is 0. The van der Waals surface area contributed by atoms with Gasteiger partial charge >= 0.3 is 5.97 Å². The van der Waals surface area contributed by atoms with E-state index in [-0.39, 0.29) is 31.6 Å². The highest BCUT2D eigenvalue weighted by Crippen LogP contribution is 2.23. The van der Waals surface area contributed by atoms with Crippen molar-refractivity contribution >= 4 is 17.8 Å². The number of ether oxygens (including phenoxy) is 2. The van der Waals surface area contributed by atoms with Gasteiger partial charge in [-0.15, -0.1) is 0 Å². The van der Waals surface area contributed by atoms with Crippen molar-refractivity contribution in [1.29, 1.82) is 0 Å². The van der Waals surface area contributed by atoms with E-state index >= 15 is 0 Å². The molecule has 7 nitrogen and oxygen atoms in total. The van der Waals surface area contributed by atoms with E-state index in [4.69, 9.17) is 15.2 Å². The standard InChI is InChI=1S/C20H28N2O5/c1-13(2)17-7-6-16(9-14(17)3)26-12-19(24)27-11-18(23)22-8-4-5-15(10-22)20(21)25/h6-7,9,13,15H,4-5,8,10-12H2,1-3H3,(H2,21,25)/t15-/m1/s1. The summed E-state index contributed by atoms with van der Waals surface area (Å²) in [6.07, 6.45) is 1.39. The lowest BCUT2D eigenvalue weighted by atomic mass is 9.97. The molecule has 0 radical (unpaired) electrons. The third kappa shape index (κ3) is 5.98. The second-order valence-corrected chi connectivity index (χ2v) is 7.20.